The molecule has 1 amide bonds. The maximum atomic E-state index is 13.1. The van der Waals surface area contributed by atoms with Crippen LogP contribution in [0.2, 0.25) is 0 Å². The van der Waals surface area contributed by atoms with Crippen LogP contribution in [0.15, 0.2) is 60.7 Å². The molecule has 4 aromatic rings. The molecule has 5 rings (SSSR count). The lowest BCUT2D eigenvalue weighted by atomic mass is 10.1. The summed E-state index contributed by atoms with van der Waals surface area (Å²) in [6, 6.07) is 19.7. The summed E-state index contributed by atoms with van der Waals surface area (Å²) in [6.07, 6.45) is 0. The van der Waals surface area contributed by atoms with Crippen molar-refractivity contribution in [3.63, 3.8) is 0 Å². The molecule has 1 aliphatic heterocycles. The maximum Gasteiger partial charge on any atom is 0.256 e. The number of hydrogen-bond acceptors (Lipinski definition) is 3. The first kappa shape index (κ1) is 18.8. The van der Waals surface area contributed by atoms with Gasteiger partial charge >= 0.3 is 0 Å². The van der Waals surface area contributed by atoms with Crippen molar-refractivity contribution in [2.45, 2.75) is 25.4 Å². The summed E-state index contributed by atoms with van der Waals surface area (Å²) in [5.74, 6) is 1.25. The highest BCUT2D eigenvalue weighted by Gasteiger charge is 2.29. The second kappa shape index (κ2) is 7.22. The van der Waals surface area contributed by atoms with E-state index in [4.69, 9.17) is 5.10 Å². The van der Waals surface area contributed by atoms with Gasteiger partial charge in [-0.1, -0.05) is 42.5 Å². The molecule has 0 fully saturated rings. The molecule has 30 heavy (non-hydrogen) atoms. The quantitative estimate of drug-likeness (QED) is 0.529. The Balaban J connectivity index is 1.58. The summed E-state index contributed by atoms with van der Waals surface area (Å²) in [6.45, 7) is 4.10. The third-order valence-electron chi connectivity index (χ3n) is 5.72. The van der Waals surface area contributed by atoms with E-state index in [0.717, 1.165) is 38.8 Å². The van der Waals surface area contributed by atoms with Crippen molar-refractivity contribution in [3.05, 3.63) is 88.6 Å². The van der Waals surface area contributed by atoms with Gasteiger partial charge in [-0.2, -0.15) is 5.10 Å². The molecule has 0 saturated carbocycles. The van der Waals surface area contributed by atoms with Gasteiger partial charge in [0.15, 0.2) is 0 Å². The molecule has 1 N–H and O–H groups in total. The molecular weight excluding hydrogens is 394 g/mol. The van der Waals surface area contributed by atoms with Crippen molar-refractivity contribution in [1.29, 1.82) is 0 Å². The van der Waals surface area contributed by atoms with Crippen molar-refractivity contribution in [2.24, 2.45) is 0 Å². The molecule has 5 nitrogen and oxygen atoms in total. The molecule has 150 valence electrons. The second-order valence-electron chi connectivity index (χ2n) is 7.65. The molecule has 1 aliphatic rings. The number of hydrogen-bond donors (Lipinski definition) is 1. The fourth-order valence-electron chi connectivity index (χ4n) is 3.91. The van der Waals surface area contributed by atoms with Gasteiger partial charge in [-0.15, -0.1) is 0 Å². The average molecular weight is 416 g/mol. The van der Waals surface area contributed by atoms with Gasteiger partial charge in [-0.3, -0.25) is 9.00 Å². The lowest BCUT2D eigenvalue weighted by molar-refractivity contribution is 0.102. The Morgan fingerprint density at radius 2 is 1.80 bits per heavy atom. The minimum absolute atomic E-state index is 0.201. The summed E-state index contributed by atoms with van der Waals surface area (Å²) < 4.78 is 13.9. The largest absolute Gasteiger partial charge is 0.306 e. The number of carbonyl (C=O) groups is 1. The van der Waals surface area contributed by atoms with E-state index in [-0.39, 0.29) is 5.91 Å². The van der Waals surface area contributed by atoms with E-state index in [1.165, 1.54) is 0 Å². The number of rotatable bonds is 3. The maximum absolute atomic E-state index is 13.1. The summed E-state index contributed by atoms with van der Waals surface area (Å²) in [7, 11) is -0.978. The number of aromatic nitrogens is 2. The normalized spacial score (nSPS) is 15.3. The van der Waals surface area contributed by atoms with Crippen LogP contribution in [0.5, 0.6) is 0 Å². The molecule has 0 bridgehead atoms. The zero-order valence-electron chi connectivity index (χ0n) is 16.8. The van der Waals surface area contributed by atoms with Crippen LogP contribution in [0.1, 0.15) is 32.7 Å². The Morgan fingerprint density at radius 1 is 1.00 bits per heavy atom. The van der Waals surface area contributed by atoms with E-state index >= 15 is 0 Å². The Bertz CT molecular complexity index is 1340. The van der Waals surface area contributed by atoms with Crippen LogP contribution in [-0.2, 0) is 22.3 Å². The van der Waals surface area contributed by atoms with Crippen LogP contribution < -0.4 is 5.32 Å². The van der Waals surface area contributed by atoms with Crippen molar-refractivity contribution in [2.75, 3.05) is 5.32 Å². The molecule has 0 spiro atoms. The molecule has 1 atom stereocenters. The first-order valence-corrected chi connectivity index (χ1v) is 11.3. The van der Waals surface area contributed by atoms with Gasteiger partial charge in [-0.05, 0) is 53.9 Å². The van der Waals surface area contributed by atoms with Crippen molar-refractivity contribution >= 4 is 33.3 Å². The summed E-state index contributed by atoms with van der Waals surface area (Å²) in [4.78, 5) is 13.1. The van der Waals surface area contributed by atoms with Crippen molar-refractivity contribution in [3.8, 4) is 5.69 Å². The van der Waals surface area contributed by atoms with Gasteiger partial charge in [0.2, 0.25) is 0 Å². The molecule has 0 radical (unpaired) electrons. The summed E-state index contributed by atoms with van der Waals surface area (Å²) >= 11 is 0. The monoisotopic (exact) mass is 415 g/mol. The van der Waals surface area contributed by atoms with E-state index in [0.29, 0.717) is 22.9 Å². The standard InChI is InChI=1S/C24H21N3O2S/c1-15-6-5-9-22(16(15)2)27-23(20-13-30(29)14-21(20)26-27)25-24(28)19-11-10-17-7-3-4-8-18(17)12-19/h3-12H,13-14H2,1-2H3,(H,25,28). The van der Waals surface area contributed by atoms with E-state index in [2.05, 4.69) is 18.3 Å². The van der Waals surface area contributed by atoms with E-state index in [1.807, 2.05) is 61.5 Å². The first-order chi connectivity index (χ1) is 14.5. The molecule has 6 heteroatoms. The molecule has 1 aromatic heterocycles. The topological polar surface area (TPSA) is 64.0 Å². The fourth-order valence-corrected chi connectivity index (χ4v) is 5.17. The molecule has 0 aliphatic carbocycles. The fraction of sp³-hybridized carbons (Fsp3) is 0.167. The number of anilines is 1. The summed E-state index contributed by atoms with van der Waals surface area (Å²) in [5, 5.41) is 9.89. The van der Waals surface area contributed by atoms with Crippen LogP contribution in [-0.4, -0.2) is 19.9 Å². The van der Waals surface area contributed by atoms with Crippen LogP contribution >= 0.6 is 0 Å². The Morgan fingerprint density at radius 3 is 2.63 bits per heavy atom. The van der Waals surface area contributed by atoms with Gasteiger partial charge < -0.3 is 5.32 Å². The number of benzene rings is 3. The number of nitrogens with zero attached hydrogens (tertiary/aromatic N) is 2. The van der Waals surface area contributed by atoms with Gasteiger partial charge in [-0.25, -0.2) is 4.68 Å². The van der Waals surface area contributed by atoms with Crippen LogP contribution in [0.3, 0.4) is 0 Å². The molecule has 2 heterocycles. The molecular formula is C24H21N3O2S. The molecule has 1 unspecified atom stereocenters. The number of nitrogens with one attached hydrogen (secondary N) is 1. The zero-order valence-corrected chi connectivity index (χ0v) is 17.6. The van der Waals surface area contributed by atoms with Crippen molar-refractivity contribution in [1.82, 2.24) is 9.78 Å². The molecule has 0 saturated heterocycles. The highest BCUT2D eigenvalue weighted by molar-refractivity contribution is 7.83. The van der Waals surface area contributed by atoms with Crippen LogP contribution in [0, 0.1) is 13.8 Å². The van der Waals surface area contributed by atoms with E-state index in [1.54, 1.807) is 4.68 Å². The van der Waals surface area contributed by atoms with Crippen LogP contribution in [0.4, 0.5) is 5.82 Å². The zero-order chi connectivity index (χ0) is 20.8. The third-order valence-corrected chi connectivity index (χ3v) is 6.92. The minimum Gasteiger partial charge on any atom is -0.306 e. The smallest absolute Gasteiger partial charge is 0.256 e. The lowest BCUT2D eigenvalue weighted by Gasteiger charge is -2.14. The minimum atomic E-state index is -0.978. The van der Waals surface area contributed by atoms with E-state index < -0.39 is 10.8 Å². The average Bonchev–Trinajstić information content (AvgIpc) is 3.26. The molecule has 3 aromatic carbocycles. The lowest BCUT2D eigenvalue weighted by Crippen LogP contribution is -2.17. The van der Waals surface area contributed by atoms with Gasteiger partial charge in [0.05, 0.1) is 22.9 Å². The number of amides is 1. The predicted octanol–water partition coefficient (Wildman–Crippen LogP) is 4.66. The number of fused-ring (bicyclic) bond motifs is 2. The Labute approximate surface area is 177 Å². The number of aryl methyl sites for hydroxylation is 1. The van der Waals surface area contributed by atoms with Gasteiger partial charge in [0.25, 0.3) is 5.91 Å². The predicted molar refractivity (Wildman–Crippen MR) is 120 cm³/mol. The summed E-state index contributed by atoms with van der Waals surface area (Å²) in [5.41, 5.74) is 5.41. The van der Waals surface area contributed by atoms with E-state index in [9.17, 15) is 9.00 Å². The van der Waals surface area contributed by atoms with Crippen molar-refractivity contribution < 1.29 is 9.00 Å². The Hall–Kier alpha value is -3.25. The highest BCUT2D eigenvalue weighted by Crippen LogP contribution is 2.33. The van der Waals surface area contributed by atoms with Gasteiger partial charge in [0, 0.05) is 21.9 Å². The number of carbonyl (C=O) groups excluding carboxylic acids is 1. The Kier molecular flexibility index (Phi) is 4.51. The van der Waals surface area contributed by atoms with Crippen LogP contribution in [0.25, 0.3) is 16.5 Å². The highest BCUT2D eigenvalue weighted by atomic mass is 32.2. The second-order valence-corrected chi connectivity index (χ2v) is 9.11. The SMILES string of the molecule is Cc1cccc(-n2nc3c(c2NC(=O)c2ccc4ccccc4c2)CS(=O)C3)c1C. The van der Waals surface area contributed by atoms with Gasteiger partial charge in [0.1, 0.15) is 5.82 Å². The third kappa shape index (κ3) is 3.13. The first-order valence-electron chi connectivity index (χ1n) is 9.84.